The molecule has 0 aliphatic heterocycles. The third-order valence-electron chi connectivity index (χ3n) is 1.83. The SMILES string of the molecule is CCC(C)(C(=O)O)C(=O)N(O)O. The molecule has 6 nitrogen and oxygen atoms in total. The summed E-state index contributed by atoms with van der Waals surface area (Å²) in [6.07, 6.45) is -0.0151. The molecule has 0 fully saturated rings. The van der Waals surface area contributed by atoms with E-state index in [1.54, 1.807) is 0 Å². The van der Waals surface area contributed by atoms with Gasteiger partial charge in [0.15, 0.2) is 0 Å². The molecule has 0 bridgehead atoms. The number of hydrogen-bond donors (Lipinski definition) is 3. The summed E-state index contributed by atoms with van der Waals surface area (Å²) >= 11 is 0. The largest absolute Gasteiger partial charge is 0.480 e. The average Bonchev–Trinajstić information content (AvgIpc) is 2.01. The van der Waals surface area contributed by atoms with E-state index in [0.717, 1.165) is 6.92 Å². The van der Waals surface area contributed by atoms with Crippen molar-refractivity contribution in [2.45, 2.75) is 20.3 Å². The summed E-state index contributed by atoms with van der Waals surface area (Å²) < 4.78 is 0. The van der Waals surface area contributed by atoms with Crippen LogP contribution in [0.4, 0.5) is 0 Å². The van der Waals surface area contributed by atoms with Crippen LogP contribution in [0.25, 0.3) is 0 Å². The van der Waals surface area contributed by atoms with Crippen LogP contribution in [-0.4, -0.2) is 32.6 Å². The fourth-order valence-corrected chi connectivity index (χ4v) is 0.615. The number of rotatable bonds is 3. The maximum Gasteiger partial charge on any atom is 0.319 e. The first-order chi connectivity index (χ1) is 5.36. The molecule has 1 atom stereocenters. The Morgan fingerprint density at radius 2 is 1.83 bits per heavy atom. The molecular weight excluding hydrogens is 166 g/mol. The van der Waals surface area contributed by atoms with E-state index in [1.165, 1.54) is 6.92 Å². The normalized spacial score (nSPS) is 15.0. The topological polar surface area (TPSA) is 98.1 Å². The van der Waals surface area contributed by atoms with Gasteiger partial charge in [-0.1, -0.05) is 12.2 Å². The molecule has 0 aromatic carbocycles. The van der Waals surface area contributed by atoms with Gasteiger partial charge in [-0.2, -0.15) is 0 Å². The summed E-state index contributed by atoms with van der Waals surface area (Å²) in [5.74, 6) is -2.64. The number of hydrogen-bond acceptors (Lipinski definition) is 4. The zero-order chi connectivity index (χ0) is 9.94. The number of hydroxylamine groups is 2. The van der Waals surface area contributed by atoms with Crippen LogP contribution in [0.15, 0.2) is 0 Å². The second-order valence-electron chi connectivity index (χ2n) is 2.59. The van der Waals surface area contributed by atoms with Gasteiger partial charge in [-0.05, 0) is 13.3 Å². The Bertz CT molecular complexity index is 202. The summed E-state index contributed by atoms with van der Waals surface area (Å²) in [7, 11) is 0. The van der Waals surface area contributed by atoms with Crippen molar-refractivity contribution in [3.8, 4) is 0 Å². The van der Waals surface area contributed by atoms with E-state index in [0.29, 0.717) is 0 Å². The number of nitrogens with zero attached hydrogens (tertiary/aromatic N) is 1. The van der Waals surface area contributed by atoms with Gasteiger partial charge in [0.1, 0.15) is 5.41 Å². The molecule has 0 aromatic heterocycles. The molecule has 1 unspecified atom stereocenters. The van der Waals surface area contributed by atoms with E-state index in [9.17, 15) is 9.59 Å². The van der Waals surface area contributed by atoms with Gasteiger partial charge < -0.3 is 5.11 Å². The molecule has 3 N–H and O–H groups in total. The Morgan fingerprint density at radius 3 is 1.92 bits per heavy atom. The van der Waals surface area contributed by atoms with Crippen molar-refractivity contribution in [2.24, 2.45) is 5.41 Å². The van der Waals surface area contributed by atoms with E-state index in [1.807, 2.05) is 0 Å². The van der Waals surface area contributed by atoms with Crippen molar-refractivity contribution in [1.29, 1.82) is 0 Å². The Kier molecular flexibility index (Phi) is 3.17. The minimum atomic E-state index is -1.77. The van der Waals surface area contributed by atoms with Crippen LogP contribution in [0.3, 0.4) is 0 Å². The number of carbonyl (C=O) groups is 2. The highest BCUT2D eigenvalue weighted by Gasteiger charge is 2.42. The van der Waals surface area contributed by atoms with Crippen molar-refractivity contribution < 1.29 is 25.1 Å². The van der Waals surface area contributed by atoms with Crippen LogP contribution >= 0.6 is 0 Å². The minimum Gasteiger partial charge on any atom is -0.480 e. The van der Waals surface area contributed by atoms with Crippen molar-refractivity contribution in [3.63, 3.8) is 0 Å². The quantitative estimate of drug-likeness (QED) is 0.322. The van der Waals surface area contributed by atoms with Gasteiger partial charge in [0.2, 0.25) is 0 Å². The summed E-state index contributed by atoms with van der Waals surface area (Å²) in [5, 5.41) is 24.5. The van der Waals surface area contributed by atoms with Crippen molar-refractivity contribution in [1.82, 2.24) is 5.23 Å². The van der Waals surface area contributed by atoms with Crippen LogP contribution in [0.2, 0.25) is 0 Å². The molecule has 6 heteroatoms. The molecule has 12 heavy (non-hydrogen) atoms. The second-order valence-corrected chi connectivity index (χ2v) is 2.59. The molecule has 0 rings (SSSR count). The molecule has 0 saturated carbocycles. The molecule has 70 valence electrons. The van der Waals surface area contributed by atoms with Crippen molar-refractivity contribution in [3.05, 3.63) is 0 Å². The van der Waals surface area contributed by atoms with Gasteiger partial charge in [0, 0.05) is 0 Å². The van der Waals surface area contributed by atoms with E-state index in [4.69, 9.17) is 15.5 Å². The zero-order valence-electron chi connectivity index (χ0n) is 6.81. The molecule has 0 aliphatic rings. The second kappa shape index (κ2) is 3.51. The summed E-state index contributed by atoms with van der Waals surface area (Å²) in [4.78, 5) is 21.4. The summed E-state index contributed by atoms with van der Waals surface area (Å²) in [6.45, 7) is 2.59. The lowest BCUT2D eigenvalue weighted by atomic mass is 9.87. The Hall–Kier alpha value is -1.14. The lowest BCUT2D eigenvalue weighted by Crippen LogP contribution is -2.43. The highest BCUT2D eigenvalue weighted by molar-refractivity contribution is 6.00. The van der Waals surface area contributed by atoms with Crippen LogP contribution in [0.1, 0.15) is 20.3 Å². The first kappa shape index (κ1) is 10.9. The number of aliphatic carboxylic acids is 1. The van der Waals surface area contributed by atoms with Crippen molar-refractivity contribution in [2.75, 3.05) is 0 Å². The third-order valence-corrected chi connectivity index (χ3v) is 1.83. The minimum absolute atomic E-state index is 0.0151. The lowest BCUT2D eigenvalue weighted by molar-refractivity contribution is -0.291. The van der Waals surface area contributed by atoms with Crippen LogP contribution in [0.5, 0.6) is 0 Å². The molecule has 0 heterocycles. The van der Waals surface area contributed by atoms with Gasteiger partial charge in [0.25, 0.3) is 5.91 Å². The molecular formula is C6H11NO5. The highest BCUT2D eigenvalue weighted by Crippen LogP contribution is 2.23. The monoisotopic (exact) mass is 177 g/mol. The summed E-state index contributed by atoms with van der Waals surface area (Å²) in [6, 6.07) is 0. The standard InChI is InChI=1S/C6H11NO5/c1-3-6(2,5(9)10)4(8)7(11)12/h11-12H,3H2,1-2H3,(H,9,10). The van der Waals surface area contributed by atoms with E-state index >= 15 is 0 Å². The fraction of sp³-hybridized carbons (Fsp3) is 0.667. The van der Waals surface area contributed by atoms with Gasteiger partial charge in [0.05, 0.1) is 0 Å². The van der Waals surface area contributed by atoms with Gasteiger partial charge in [-0.15, -0.1) is 0 Å². The predicted molar refractivity (Wildman–Crippen MR) is 36.5 cm³/mol. The molecule has 0 radical (unpaired) electrons. The number of amides is 1. The zero-order valence-corrected chi connectivity index (χ0v) is 6.81. The number of carboxylic acid groups (broad SMARTS) is 1. The molecule has 0 saturated heterocycles. The molecule has 0 aromatic rings. The lowest BCUT2D eigenvalue weighted by Gasteiger charge is -2.22. The average molecular weight is 177 g/mol. The van der Waals surface area contributed by atoms with E-state index < -0.39 is 22.5 Å². The summed E-state index contributed by atoms with van der Waals surface area (Å²) in [5.41, 5.74) is -1.77. The van der Waals surface area contributed by atoms with E-state index in [2.05, 4.69) is 0 Å². The molecule has 0 aliphatic carbocycles. The van der Waals surface area contributed by atoms with Crippen LogP contribution < -0.4 is 0 Å². The van der Waals surface area contributed by atoms with Crippen LogP contribution in [0, 0.1) is 5.41 Å². The van der Waals surface area contributed by atoms with Crippen molar-refractivity contribution >= 4 is 11.9 Å². The number of carboxylic acids is 1. The third kappa shape index (κ3) is 1.72. The maximum absolute atomic E-state index is 10.9. The highest BCUT2D eigenvalue weighted by atomic mass is 16.8. The fourth-order valence-electron chi connectivity index (χ4n) is 0.615. The molecule has 0 spiro atoms. The Balaban J connectivity index is 4.76. The first-order valence-electron chi connectivity index (χ1n) is 3.32. The molecule has 1 amide bonds. The van der Waals surface area contributed by atoms with E-state index in [-0.39, 0.29) is 6.42 Å². The van der Waals surface area contributed by atoms with Gasteiger partial charge in [-0.25, -0.2) is 0 Å². The first-order valence-corrected chi connectivity index (χ1v) is 3.32. The Morgan fingerprint density at radius 1 is 1.42 bits per heavy atom. The van der Waals surface area contributed by atoms with Crippen LogP contribution in [-0.2, 0) is 9.59 Å². The number of carbonyl (C=O) groups excluding carboxylic acids is 1. The predicted octanol–water partition coefficient (Wildman–Crippen LogP) is 0.0943. The Labute approximate surface area is 68.9 Å². The smallest absolute Gasteiger partial charge is 0.319 e. The van der Waals surface area contributed by atoms with Gasteiger partial charge >= 0.3 is 5.97 Å². The maximum atomic E-state index is 10.9. The van der Waals surface area contributed by atoms with Gasteiger partial charge in [-0.3, -0.25) is 20.0 Å².